The van der Waals surface area contributed by atoms with E-state index in [9.17, 15) is 9.59 Å². The molecule has 1 aliphatic heterocycles. The first-order valence-electron chi connectivity index (χ1n) is 10.9. The molecule has 162 valence electrons. The highest BCUT2D eigenvalue weighted by atomic mass is 16.7. The Balaban J connectivity index is 1.90. The molecule has 6 heteroatoms. The second-order valence-electron chi connectivity index (χ2n) is 7.58. The first-order valence-corrected chi connectivity index (χ1v) is 10.9. The van der Waals surface area contributed by atoms with Crippen LogP contribution in [0.25, 0.3) is 0 Å². The number of benzene rings is 1. The van der Waals surface area contributed by atoms with Gasteiger partial charge in [-0.05, 0) is 49.4 Å². The lowest BCUT2D eigenvalue weighted by atomic mass is 10.1. The van der Waals surface area contributed by atoms with Crippen molar-refractivity contribution >= 4 is 17.6 Å². The number of ether oxygens (including phenoxy) is 3. The van der Waals surface area contributed by atoms with Gasteiger partial charge in [0.15, 0.2) is 6.29 Å². The predicted octanol–water partition coefficient (Wildman–Crippen LogP) is 5.21. The maximum atomic E-state index is 12.3. The van der Waals surface area contributed by atoms with Crippen molar-refractivity contribution in [3.63, 3.8) is 0 Å². The fourth-order valence-corrected chi connectivity index (χ4v) is 3.40. The molecule has 0 aliphatic carbocycles. The minimum atomic E-state index is -0.438. The molecule has 1 N–H and O–H groups in total. The van der Waals surface area contributed by atoms with E-state index in [0.29, 0.717) is 30.9 Å². The Kier molecular flexibility index (Phi) is 10.7. The maximum Gasteiger partial charge on any atom is 0.337 e. The van der Waals surface area contributed by atoms with E-state index >= 15 is 0 Å². The molecule has 1 atom stereocenters. The van der Waals surface area contributed by atoms with Gasteiger partial charge in [-0.15, -0.1) is 0 Å². The summed E-state index contributed by atoms with van der Waals surface area (Å²) >= 11 is 0. The molecule has 0 aromatic heterocycles. The van der Waals surface area contributed by atoms with Crippen LogP contribution in [0.2, 0.25) is 0 Å². The molecule has 1 aromatic rings. The average Bonchev–Trinajstić information content (AvgIpc) is 2.74. The first kappa shape index (κ1) is 23.4. The standard InChI is InChI=1S/C23H35NO5/c1-3-4-5-6-7-8-11-21(25)24-20-15-18(14-19(16-20)23(26)27-2)17-29-22-12-9-10-13-28-22/h14-16,22H,3-13,17H2,1-2H3,(H,24,25). The molecular weight excluding hydrogens is 370 g/mol. The van der Waals surface area contributed by atoms with Gasteiger partial charge in [-0.2, -0.15) is 0 Å². The number of anilines is 1. The molecule has 1 aromatic carbocycles. The number of carbonyl (C=O) groups excluding carboxylic acids is 2. The SMILES string of the molecule is CCCCCCCCC(=O)Nc1cc(COC2CCCCO2)cc(C(=O)OC)c1. The van der Waals surface area contributed by atoms with Crippen molar-refractivity contribution in [3.8, 4) is 0 Å². The lowest BCUT2D eigenvalue weighted by Crippen LogP contribution is -2.22. The van der Waals surface area contributed by atoms with Gasteiger partial charge < -0.3 is 19.5 Å². The van der Waals surface area contributed by atoms with Crippen LogP contribution in [0.5, 0.6) is 0 Å². The number of hydrogen-bond acceptors (Lipinski definition) is 5. The minimum Gasteiger partial charge on any atom is -0.465 e. The van der Waals surface area contributed by atoms with E-state index in [-0.39, 0.29) is 12.2 Å². The Morgan fingerprint density at radius 2 is 1.90 bits per heavy atom. The second-order valence-corrected chi connectivity index (χ2v) is 7.58. The molecule has 1 fully saturated rings. The number of amides is 1. The number of rotatable bonds is 12. The zero-order valence-electron chi connectivity index (χ0n) is 17.8. The van der Waals surface area contributed by atoms with E-state index in [1.807, 2.05) is 6.07 Å². The van der Waals surface area contributed by atoms with Gasteiger partial charge in [0.05, 0.1) is 19.3 Å². The number of nitrogens with one attached hydrogen (secondary N) is 1. The molecule has 1 amide bonds. The molecule has 1 aliphatic rings. The highest BCUT2D eigenvalue weighted by Crippen LogP contribution is 2.20. The summed E-state index contributed by atoms with van der Waals surface area (Å²) in [6, 6.07) is 5.22. The van der Waals surface area contributed by atoms with E-state index < -0.39 is 5.97 Å². The summed E-state index contributed by atoms with van der Waals surface area (Å²) in [5.41, 5.74) is 1.79. The van der Waals surface area contributed by atoms with Gasteiger partial charge in [-0.1, -0.05) is 39.0 Å². The molecule has 0 radical (unpaired) electrons. The summed E-state index contributed by atoms with van der Waals surface area (Å²) in [6.45, 7) is 3.22. The Hall–Kier alpha value is -1.92. The quantitative estimate of drug-likeness (QED) is 0.382. The van der Waals surface area contributed by atoms with Crippen molar-refractivity contribution in [2.45, 2.75) is 84.0 Å². The molecule has 1 heterocycles. The van der Waals surface area contributed by atoms with Crippen LogP contribution in [0.4, 0.5) is 5.69 Å². The molecule has 1 saturated heterocycles. The molecule has 2 rings (SSSR count). The Bertz CT molecular complexity index is 640. The summed E-state index contributed by atoms with van der Waals surface area (Å²) in [7, 11) is 1.35. The van der Waals surface area contributed by atoms with Gasteiger partial charge in [-0.25, -0.2) is 4.79 Å². The lowest BCUT2D eigenvalue weighted by molar-refractivity contribution is -0.168. The van der Waals surface area contributed by atoms with Crippen LogP contribution in [-0.2, 0) is 25.6 Å². The van der Waals surface area contributed by atoms with Crippen LogP contribution in [0.15, 0.2) is 18.2 Å². The highest BCUT2D eigenvalue weighted by molar-refractivity contribution is 5.94. The van der Waals surface area contributed by atoms with Gasteiger partial charge in [0.1, 0.15) is 0 Å². The highest BCUT2D eigenvalue weighted by Gasteiger charge is 2.16. The number of methoxy groups -OCH3 is 1. The molecule has 29 heavy (non-hydrogen) atoms. The zero-order chi connectivity index (χ0) is 20.9. The third kappa shape index (κ3) is 8.96. The maximum absolute atomic E-state index is 12.3. The fraction of sp³-hybridized carbons (Fsp3) is 0.652. The van der Waals surface area contributed by atoms with Crippen molar-refractivity contribution in [3.05, 3.63) is 29.3 Å². The third-order valence-electron chi connectivity index (χ3n) is 5.03. The van der Waals surface area contributed by atoms with Crippen molar-refractivity contribution in [2.75, 3.05) is 19.0 Å². The van der Waals surface area contributed by atoms with Gasteiger partial charge in [0, 0.05) is 18.7 Å². The summed E-state index contributed by atoms with van der Waals surface area (Å²) in [5, 5.41) is 2.91. The van der Waals surface area contributed by atoms with E-state index in [1.165, 1.54) is 32.8 Å². The van der Waals surface area contributed by atoms with Crippen LogP contribution >= 0.6 is 0 Å². The Morgan fingerprint density at radius 1 is 1.10 bits per heavy atom. The normalized spacial score (nSPS) is 16.4. The average molecular weight is 406 g/mol. The number of unbranched alkanes of at least 4 members (excludes halogenated alkanes) is 5. The molecule has 0 spiro atoms. The predicted molar refractivity (Wildman–Crippen MR) is 113 cm³/mol. The first-order chi connectivity index (χ1) is 14.1. The summed E-state index contributed by atoms with van der Waals surface area (Å²) in [4.78, 5) is 24.3. The van der Waals surface area contributed by atoms with Crippen molar-refractivity contribution < 1.29 is 23.8 Å². The fourth-order valence-electron chi connectivity index (χ4n) is 3.40. The smallest absolute Gasteiger partial charge is 0.337 e. The van der Waals surface area contributed by atoms with Crippen LogP contribution in [-0.4, -0.2) is 31.9 Å². The largest absolute Gasteiger partial charge is 0.465 e. The summed E-state index contributed by atoms with van der Waals surface area (Å²) < 4.78 is 16.3. The third-order valence-corrected chi connectivity index (χ3v) is 5.03. The molecule has 0 saturated carbocycles. The summed E-state index contributed by atoms with van der Waals surface area (Å²) in [5.74, 6) is -0.475. The van der Waals surface area contributed by atoms with E-state index in [1.54, 1.807) is 12.1 Å². The van der Waals surface area contributed by atoms with Crippen LogP contribution in [0, 0.1) is 0 Å². The number of carbonyl (C=O) groups is 2. The van der Waals surface area contributed by atoms with Gasteiger partial charge in [0.2, 0.25) is 5.91 Å². The molecule has 0 bridgehead atoms. The van der Waals surface area contributed by atoms with Crippen LogP contribution < -0.4 is 5.32 Å². The zero-order valence-corrected chi connectivity index (χ0v) is 17.8. The van der Waals surface area contributed by atoms with Crippen molar-refractivity contribution in [1.82, 2.24) is 0 Å². The Labute approximate surface area is 174 Å². The number of esters is 1. The summed E-state index contributed by atoms with van der Waals surface area (Å²) in [6.07, 6.45) is 10.1. The van der Waals surface area contributed by atoms with Crippen LogP contribution in [0.3, 0.4) is 0 Å². The second kappa shape index (κ2) is 13.3. The molecule has 6 nitrogen and oxygen atoms in total. The van der Waals surface area contributed by atoms with Crippen LogP contribution in [0.1, 0.15) is 87.1 Å². The van der Waals surface area contributed by atoms with Crippen molar-refractivity contribution in [2.24, 2.45) is 0 Å². The van der Waals surface area contributed by atoms with Gasteiger partial charge in [-0.3, -0.25) is 4.79 Å². The van der Waals surface area contributed by atoms with E-state index in [2.05, 4.69) is 12.2 Å². The molecular formula is C23H35NO5. The van der Waals surface area contributed by atoms with E-state index in [0.717, 1.165) is 37.7 Å². The van der Waals surface area contributed by atoms with Gasteiger partial charge in [0.25, 0.3) is 0 Å². The topological polar surface area (TPSA) is 73.9 Å². The lowest BCUT2D eigenvalue weighted by Gasteiger charge is -2.23. The monoisotopic (exact) mass is 405 g/mol. The number of hydrogen-bond donors (Lipinski definition) is 1. The minimum absolute atomic E-state index is 0.0370. The Morgan fingerprint density at radius 3 is 2.62 bits per heavy atom. The van der Waals surface area contributed by atoms with Gasteiger partial charge >= 0.3 is 5.97 Å². The van der Waals surface area contributed by atoms with Crippen molar-refractivity contribution in [1.29, 1.82) is 0 Å². The molecule has 1 unspecified atom stereocenters. The van der Waals surface area contributed by atoms with E-state index in [4.69, 9.17) is 14.2 Å².